The van der Waals surface area contributed by atoms with Gasteiger partial charge in [-0.3, -0.25) is 4.90 Å². The van der Waals surface area contributed by atoms with E-state index in [2.05, 4.69) is 25.7 Å². The van der Waals surface area contributed by atoms with Gasteiger partial charge >= 0.3 is 0 Å². The lowest BCUT2D eigenvalue weighted by atomic mass is 9.96. The zero-order chi connectivity index (χ0) is 9.90. The first-order valence-corrected chi connectivity index (χ1v) is 5.57. The van der Waals surface area contributed by atoms with Crippen LogP contribution in [0.25, 0.3) is 0 Å². The average Bonchev–Trinajstić information content (AvgIpc) is 2.52. The molecule has 1 aliphatic heterocycles. The van der Waals surface area contributed by atoms with E-state index in [1.807, 2.05) is 0 Å². The lowest BCUT2D eigenvalue weighted by Gasteiger charge is -2.32. The summed E-state index contributed by atoms with van der Waals surface area (Å²) in [4.78, 5) is 2.42. The summed E-state index contributed by atoms with van der Waals surface area (Å²) in [6.07, 6.45) is 4.33. The number of β-amino-alcohol motifs (C(OH)–C–C–N with tert-alkyl or cyclic N) is 1. The Balaban J connectivity index is 2.45. The zero-order valence-corrected chi connectivity index (χ0v) is 9.21. The highest BCUT2D eigenvalue weighted by atomic mass is 16.3. The van der Waals surface area contributed by atoms with E-state index in [9.17, 15) is 5.11 Å². The molecule has 2 nitrogen and oxygen atoms in total. The van der Waals surface area contributed by atoms with Crippen LogP contribution in [0.5, 0.6) is 0 Å². The average molecular weight is 185 g/mol. The standard InChI is InChI=1S/C11H23NO/c1-4-11(13,5-2)9-12-8-6-7-10(12)3/h10,13H,4-9H2,1-3H3. The molecule has 1 saturated heterocycles. The van der Waals surface area contributed by atoms with Gasteiger partial charge in [-0.1, -0.05) is 13.8 Å². The molecule has 1 aliphatic rings. The number of aliphatic hydroxyl groups is 1. The van der Waals surface area contributed by atoms with Gasteiger partial charge in [0.1, 0.15) is 0 Å². The second-order valence-corrected chi connectivity index (χ2v) is 4.39. The van der Waals surface area contributed by atoms with Crippen LogP contribution in [0.4, 0.5) is 0 Å². The first-order valence-electron chi connectivity index (χ1n) is 5.57. The van der Waals surface area contributed by atoms with Crippen molar-refractivity contribution in [1.82, 2.24) is 4.90 Å². The van der Waals surface area contributed by atoms with Crippen molar-refractivity contribution in [3.8, 4) is 0 Å². The molecule has 1 N–H and O–H groups in total. The van der Waals surface area contributed by atoms with E-state index in [1.54, 1.807) is 0 Å². The summed E-state index contributed by atoms with van der Waals surface area (Å²) in [6, 6.07) is 0.671. The van der Waals surface area contributed by atoms with E-state index in [-0.39, 0.29) is 0 Å². The topological polar surface area (TPSA) is 23.5 Å². The maximum atomic E-state index is 10.2. The van der Waals surface area contributed by atoms with E-state index >= 15 is 0 Å². The summed E-state index contributed by atoms with van der Waals surface area (Å²) in [5, 5.41) is 10.2. The molecule has 1 heterocycles. The highest BCUT2D eigenvalue weighted by molar-refractivity contribution is 4.84. The van der Waals surface area contributed by atoms with Crippen molar-refractivity contribution in [3.63, 3.8) is 0 Å². The zero-order valence-electron chi connectivity index (χ0n) is 9.21. The lowest BCUT2D eigenvalue weighted by Crippen LogP contribution is -2.43. The van der Waals surface area contributed by atoms with Gasteiger partial charge in [0, 0.05) is 12.6 Å². The predicted molar refractivity (Wildman–Crippen MR) is 55.8 cm³/mol. The molecule has 0 saturated carbocycles. The molecular formula is C11H23NO. The lowest BCUT2D eigenvalue weighted by molar-refractivity contribution is -0.00508. The highest BCUT2D eigenvalue weighted by Crippen LogP contribution is 2.23. The summed E-state index contributed by atoms with van der Waals surface area (Å²) in [5.41, 5.74) is -0.446. The Hall–Kier alpha value is -0.0800. The molecule has 13 heavy (non-hydrogen) atoms. The maximum Gasteiger partial charge on any atom is 0.0769 e. The highest BCUT2D eigenvalue weighted by Gasteiger charge is 2.29. The summed E-state index contributed by atoms with van der Waals surface area (Å²) in [5.74, 6) is 0. The molecule has 1 fully saturated rings. The van der Waals surface area contributed by atoms with Crippen molar-refractivity contribution in [2.24, 2.45) is 0 Å². The van der Waals surface area contributed by atoms with Crippen LogP contribution in [0, 0.1) is 0 Å². The minimum absolute atomic E-state index is 0.446. The monoisotopic (exact) mass is 185 g/mol. The summed E-state index contributed by atoms with van der Waals surface area (Å²) in [6.45, 7) is 8.44. The third-order valence-corrected chi connectivity index (χ3v) is 3.50. The molecule has 0 aromatic rings. The van der Waals surface area contributed by atoms with Crippen LogP contribution in [-0.2, 0) is 0 Å². The van der Waals surface area contributed by atoms with Crippen LogP contribution in [-0.4, -0.2) is 34.7 Å². The fraction of sp³-hybridized carbons (Fsp3) is 1.00. The summed E-state index contributed by atoms with van der Waals surface area (Å²) in [7, 11) is 0. The first kappa shape index (κ1) is 11.0. The quantitative estimate of drug-likeness (QED) is 0.724. The molecular weight excluding hydrogens is 162 g/mol. The van der Waals surface area contributed by atoms with Crippen LogP contribution in [0.3, 0.4) is 0 Å². The second kappa shape index (κ2) is 4.43. The first-order chi connectivity index (χ1) is 6.11. The van der Waals surface area contributed by atoms with E-state index < -0.39 is 5.60 Å². The third kappa shape index (κ3) is 2.68. The summed E-state index contributed by atoms with van der Waals surface area (Å²) < 4.78 is 0. The molecule has 1 atom stereocenters. The minimum Gasteiger partial charge on any atom is -0.389 e. The van der Waals surface area contributed by atoms with Crippen molar-refractivity contribution in [2.45, 2.75) is 58.1 Å². The number of hydrogen-bond acceptors (Lipinski definition) is 2. The van der Waals surface area contributed by atoms with E-state index in [0.29, 0.717) is 6.04 Å². The van der Waals surface area contributed by atoms with Crippen LogP contribution in [0.1, 0.15) is 46.5 Å². The van der Waals surface area contributed by atoms with Gasteiger partial charge in [0.25, 0.3) is 0 Å². The Bertz CT molecular complexity index is 154. The fourth-order valence-corrected chi connectivity index (χ4v) is 2.08. The molecule has 0 spiro atoms. The second-order valence-electron chi connectivity index (χ2n) is 4.39. The van der Waals surface area contributed by atoms with Crippen LogP contribution < -0.4 is 0 Å². The normalized spacial score (nSPS) is 25.4. The van der Waals surface area contributed by atoms with Crippen molar-refractivity contribution in [2.75, 3.05) is 13.1 Å². The Labute approximate surface area is 81.9 Å². The van der Waals surface area contributed by atoms with Gasteiger partial charge in [-0.05, 0) is 39.2 Å². The predicted octanol–water partition coefficient (Wildman–Crippen LogP) is 2.02. The largest absolute Gasteiger partial charge is 0.389 e. The van der Waals surface area contributed by atoms with Crippen LogP contribution >= 0.6 is 0 Å². The maximum absolute atomic E-state index is 10.2. The van der Waals surface area contributed by atoms with Gasteiger partial charge in [-0.15, -0.1) is 0 Å². The molecule has 0 aromatic heterocycles. The molecule has 0 radical (unpaired) electrons. The van der Waals surface area contributed by atoms with Crippen LogP contribution in [0.15, 0.2) is 0 Å². The van der Waals surface area contributed by atoms with Gasteiger partial charge in [-0.25, -0.2) is 0 Å². The smallest absolute Gasteiger partial charge is 0.0769 e. The summed E-state index contributed by atoms with van der Waals surface area (Å²) >= 11 is 0. The molecule has 0 aliphatic carbocycles. The molecule has 0 amide bonds. The van der Waals surface area contributed by atoms with Crippen LogP contribution in [0.2, 0.25) is 0 Å². The number of likely N-dealkylation sites (tertiary alicyclic amines) is 1. The van der Waals surface area contributed by atoms with Gasteiger partial charge in [0.05, 0.1) is 5.60 Å². The Morgan fingerprint density at radius 3 is 2.38 bits per heavy atom. The van der Waals surface area contributed by atoms with Crippen molar-refractivity contribution >= 4 is 0 Å². The van der Waals surface area contributed by atoms with Gasteiger partial charge in [0.2, 0.25) is 0 Å². The SMILES string of the molecule is CCC(O)(CC)CN1CCCC1C. The van der Waals surface area contributed by atoms with Crippen molar-refractivity contribution in [1.29, 1.82) is 0 Å². The third-order valence-electron chi connectivity index (χ3n) is 3.50. The van der Waals surface area contributed by atoms with Crippen molar-refractivity contribution in [3.05, 3.63) is 0 Å². The van der Waals surface area contributed by atoms with Crippen molar-refractivity contribution < 1.29 is 5.11 Å². The van der Waals surface area contributed by atoms with E-state index in [4.69, 9.17) is 0 Å². The van der Waals surface area contributed by atoms with E-state index in [1.165, 1.54) is 19.4 Å². The van der Waals surface area contributed by atoms with E-state index in [0.717, 1.165) is 19.4 Å². The number of rotatable bonds is 4. The molecule has 2 heteroatoms. The molecule has 0 aromatic carbocycles. The van der Waals surface area contributed by atoms with Gasteiger partial charge in [0.15, 0.2) is 0 Å². The van der Waals surface area contributed by atoms with Gasteiger partial charge in [-0.2, -0.15) is 0 Å². The Kier molecular flexibility index (Phi) is 3.74. The Morgan fingerprint density at radius 2 is 2.00 bits per heavy atom. The van der Waals surface area contributed by atoms with Gasteiger partial charge < -0.3 is 5.11 Å². The number of hydrogen-bond donors (Lipinski definition) is 1. The Morgan fingerprint density at radius 1 is 1.38 bits per heavy atom. The molecule has 0 bridgehead atoms. The number of nitrogens with zero attached hydrogens (tertiary/aromatic N) is 1. The molecule has 1 rings (SSSR count). The molecule has 1 unspecified atom stereocenters. The minimum atomic E-state index is -0.446. The molecule has 78 valence electrons. The fourth-order valence-electron chi connectivity index (χ4n) is 2.08.